The van der Waals surface area contributed by atoms with Crippen molar-refractivity contribution in [2.75, 3.05) is 0 Å². The zero-order chi connectivity index (χ0) is 7.49. The molecule has 0 aromatic rings. The molecule has 0 atom stereocenters. The predicted molar refractivity (Wildman–Crippen MR) is 17.4 cm³/mol. The van der Waals surface area contributed by atoms with Gasteiger partial charge in [-0.15, -0.1) is 13.2 Å². The molecule has 0 aliphatic heterocycles. The fourth-order valence-corrected chi connectivity index (χ4v) is 0.133. The minimum absolute atomic E-state index is 0.923. The van der Waals surface area contributed by atoms with Gasteiger partial charge in [-0.05, 0) is 0 Å². The minimum atomic E-state index is -5.16. The Morgan fingerprint density at radius 3 is 1.89 bits per heavy atom. The molecule has 0 rings (SSSR count). The van der Waals surface area contributed by atoms with Gasteiger partial charge in [0.1, 0.15) is 0 Å². The van der Waals surface area contributed by atoms with E-state index in [0.29, 0.717) is 0 Å². The van der Waals surface area contributed by atoms with Crippen LogP contribution in [-0.2, 0) is 4.74 Å². The van der Waals surface area contributed by atoms with E-state index in [1.807, 2.05) is 0 Å². The third-order valence-corrected chi connectivity index (χ3v) is 0.299. The predicted octanol–water partition coefficient (Wildman–Crippen LogP) is 2.26. The molecule has 0 unspecified atom stereocenters. The Labute approximate surface area is 46.7 Å². The molecule has 6 heteroatoms. The summed E-state index contributed by atoms with van der Waals surface area (Å²) in [4.78, 5) is 0. The van der Waals surface area contributed by atoms with E-state index < -0.39 is 18.7 Å². The van der Waals surface area contributed by atoms with Crippen molar-refractivity contribution in [3.8, 4) is 0 Å². The summed E-state index contributed by atoms with van der Waals surface area (Å²) in [5, 5.41) is 0. The molecule has 0 bridgehead atoms. The number of hydrogen-bond donors (Lipinski definition) is 0. The second-order valence-corrected chi connectivity index (χ2v) is 0.961. The quantitative estimate of drug-likeness (QED) is 0.409. The molecule has 0 fully saturated rings. The van der Waals surface area contributed by atoms with Crippen LogP contribution in [0.4, 0.5) is 22.0 Å². The van der Waals surface area contributed by atoms with Crippen LogP contribution in [0.1, 0.15) is 0 Å². The van der Waals surface area contributed by atoms with Crippen molar-refractivity contribution >= 4 is 0 Å². The van der Waals surface area contributed by atoms with E-state index in [0.717, 1.165) is 0 Å². The van der Waals surface area contributed by atoms with Gasteiger partial charge in [0.05, 0.1) is 0 Å². The number of halogens is 5. The summed E-state index contributed by atoms with van der Waals surface area (Å²) in [6.07, 6.45) is -6.08. The van der Waals surface area contributed by atoms with Gasteiger partial charge in [-0.1, -0.05) is 0 Å². The molecule has 0 radical (unpaired) electrons. The highest BCUT2D eigenvalue weighted by molar-refractivity contribution is 4.71. The molecule has 0 N–H and O–H groups in total. The zero-order valence-electron chi connectivity index (χ0n) is 3.88. The monoisotopic (exact) mass is 148 g/mol. The summed E-state index contributed by atoms with van der Waals surface area (Å²) in [6.45, 7) is 0. The van der Waals surface area contributed by atoms with Crippen LogP contribution in [0.2, 0.25) is 0 Å². The van der Waals surface area contributed by atoms with Gasteiger partial charge in [-0.2, -0.15) is 4.39 Å². The van der Waals surface area contributed by atoms with Crippen LogP contribution in [0.3, 0.4) is 0 Å². The molecule has 0 aromatic heterocycles. The molecule has 0 amide bonds. The largest absolute Gasteiger partial charge is 0.574 e. The topological polar surface area (TPSA) is 9.23 Å². The highest BCUT2D eigenvalue weighted by Crippen LogP contribution is 2.20. The van der Waals surface area contributed by atoms with Gasteiger partial charge in [0, 0.05) is 0 Å². The summed E-state index contributed by atoms with van der Waals surface area (Å²) < 4.78 is 56.8. The summed E-state index contributed by atoms with van der Waals surface area (Å²) >= 11 is 0. The molecular weight excluding hydrogens is 147 g/mol. The summed E-state index contributed by atoms with van der Waals surface area (Å²) in [6, 6.07) is -2.30. The highest BCUT2D eigenvalue weighted by atomic mass is 19.4. The van der Waals surface area contributed by atoms with Crippen molar-refractivity contribution in [3.05, 3.63) is 12.3 Å². The number of hydrogen-bond acceptors (Lipinski definition) is 1. The molecule has 9 heavy (non-hydrogen) atoms. The van der Waals surface area contributed by atoms with E-state index >= 15 is 0 Å². The first kappa shape index (κ1) is 8.19. The molecule has 1 nitrogen and oxygen atoms in total. The third-order valence-electron chi connectivity index (χ3n) is 0.299. The second kappa shape index (κ2) is 2.65. The van der Waals surface area contributed by atoms with Gasteiger partial charge in [-0.25, -0.2) is 4.39 Å². The van der Waals surface area contributed by atoms with Gasteiger partial charge in [0.25, 0.3) is 0 Å². The Kier molecular flexibility index (Phi) is 2.41. The number of rotatable bonds is 1. The van der Waals surface area contributed by atoms with Crippen molar-refractivity contribution < 1.29 is 26.7 Å². The summed E-state index contributed by atoms with van der Waals surface area (Å²) in [5.74, 6) is 0. The van der Waals surface area contributed by atoms with E-state index in [9.17, 15) is 22.0 Å². The minimum Gasteiger partial charge on any atom is -0.377 e. The summed E-state index contributed by atoms with van der Waals surface area (Å²) in [7, 11) is 0. The third kappa shape index (κ3) is 5.05. The van der Waals surface area contributed by atoms with Crippen molar-refractivity contribution in [3.63, 3.8) is 0 Å². The average Bonchev–Trinajstić information content (AvgIpc) is 1.62. The van der Waals surface area contributed by atoms with Crippen LogP contribution in [0, 0.1) is 0 Å². The van der Waals surface area contributed by atoms with Crippen molar-refractivity contribution in [1.82, 2.24) is 0 Å². The van der Waals surface area contributed by atoms with Gasteiger partial charge in [-0.3, -0.25) is 0 Å². The SMILES string of the molecule is F/C=C(\F)OC(F)(F)F. The van der Waals surface area contributed by atoms with Crippen molar-refractivity contribution in [2.45, 2.75) is 6.36 Å². The lowest BCUT2D eigenvalue weighted by molar-refractivity contribution is -0.314. The van der Waals surface area contributed by atoms with Gasteiger partial charge < -0.3 is 4.74 Å². The van der Waals surface area contributed by atoms with E-state index in [-0.39, 0.29) is 0 Å². The fraction of sp³-hybridized carbons (Fsp3) is 0.333. The smallest absolute Gasteiger partial charge is 0.377 e. The first-order chi connectivity index (χ1) is 3.95. The van der Waals surface area contributed by atoms with E-state index in [1.165, 1.54) is 0 Å². The Hall–Kier alpha value is -0.810. The Morgan fingerprint density at radius 2 is 1.78 bits per heavy atom. The van der Waals surface area contributed by atoms with Crippen LogP contribution in [0.25, 0.3) is 0 Å². The molecule has 0 saturated heterocycles. The Balaban J connectivity index is 3.75. The van der Waals surface area contributed by atoms with Crippen LogP contribution in [-0.4, -0.2) is 6.36 Å². The molecule has 0 aliphatic carbocycles. The van der Waals surface area contributed by atoms with Gasteiger partial charge in [0.2, 0.25) is 0 Å². The zero-order valence-corrected chi connectivity index (χ0v) is 3.88. The Bertz CT molecular complexity index is 114. The highest BCUT2D eigenvalue weighted by Gasteiger charge is 2.32. The Morgan fingerprint density at radius 1 is 1.33 bits per heavy atom. The standard InChI is InChI=1S/C3HF5O/c4-1-2(5)9-3(6,7)8/h1H/b2-1+. The van der Waals surface area contributed by atoms with Crippen LogP contribution in [0.15, 0.2) is 12.3 Å². The van der Waals surface area contributed by atoms with Crippen molar-refractivity contribution in [2.24, 2.45) is 0 Å². The van der Waals surface area contributed by atoms with E-state index in [2.05, 4.69) is 4.74 Å². The second-order valence-electron chi connectivity index (χ2n) is 0.961. The molecule has 0 aliphatic rings. The lowest BCUT2D eigenvalue weighted by atomic mass is 11.0. The maximum Gasteiger partial charge on any atom is 0.574 e. The molecule has 0 heterocycles. The van der Waals surface area contributed by atoms with E-state index in [1.54, 1.807) is 0 Å². The van der Waals surface area contributed by atoms with E-state index in [4.69, 9.17) is 0 Å². The lowest BCUT2D eigenvalue weighted by Crippen LogP contribution is -2.10. The fourth-order valence-electron chi connectivity index (χ4n) is 0.133. The normalized spacial score (nSPS) is 13.7. The molecule has 0 saturated carbocycles. The van der Waals surface area contributed by atoms with Crippen molar-refractivity contribution in [1.29, 1.82) is 0 Å². The maximum absolute atomic E-state index is 11.2. The summed E-state index contributed by atoms with van der Waals surface area (Å²) in [5.41, 5.74) is 0. The number of alkyl halides is 3. The maximum atomic E-state index is 11.2. The molecule has 0 spiro atoms. The molecule has 0 aromatic carbocycles. The average molecular weight is 148 g/mol. The molecular formula is C3HF5O. The van der Waals surface area contributed by atoms with Crippen LogP contribution < -0.4 is 0 Å². The lowest BCUT2D eigenvalue weighted by Gasteiger charge is -2.03. The van der Waals surface area contributed by atoms with Gasteiger partial charge in [0.15, 0.2) is 6.33 Å². The first-order valence-electron chi connectivity index (χ1n) is 1.67. The van der Waals surface area contributed by atoms with Gasteiger partial charge >= 0.3 is 12.4 Å². The first-order valence-corrected chi connectivity index (χ1v) is 1.67. The van der Waals surface area contributed by atoms with Crippen LogP contribution in [0.5, 0.6) is 0 Å². The van der Waals surface area contributed by atoms with Crippen LogP contribution >= 0.6 is 0 Å². The molecule has 54 valence electrons. The number of ether oxygens (including phenoxy) is 1.